The smallest absolute Gasteiger partial charge is 0.153 e. The fraction of sp³-hybridized carbons (Fsp3) is 0.231. The number of rotatable bonds is 4. The summed E-state index contributed by atoms with van der Waals surface area (Å²) < 4.78 is 1.80. The van der Waals surface area contributed by atoms with E-state index in [2.05, 4.69) is 12.0 Å². The van der Waals surface area contributed by atoms with Crippen LogP contribution in [0.1, 0.15) is 23.7 Å². The lowest BCUT2D eigenvalue weighted by atomic mass is 10.1. The number of aromatic nitrogens is 2. The van der Waals surface area contributed by atoms with E-state index >= 15 is 0 Å². The molecule has 2 aromatic rings. The second-order valence-corrected chi connectivity index (χ2v) is 4.26. The van der Waals surface area contributed by atoms with E-state index in [-0.39, 0.29) is 0 Å². The van der Waals surface area contributed by atoms with Crippen molar-refractivity contribution < 1.29 is 4.79 Å². The van der Waals surface area contributed by atoms with Gasteiger partial charge in [-0.05, 0) is 18.6 Å². The van der Waals surface area contributed by atoms with E-state index in [1.165, 1.54) is 0 Å². The van der Waals surface area contributed by atoms with Crippen molar-refractivity contribution in [3.05, 3.63) is 41.0 Å². The Labute approximate surface area is 105 Å². The number of carbonyl (C=O) groups excluding carboxylic acids is 1. The minimum absolute atomic E-state index is 0.612. The van der Waals surface area contributed by atoms with Gasteiger partial charge in [-0.3, -0.25) is 9.48 Å². The van der Waals surface area contributed by atoms with Gasteiger partial charge in [0.15, 0.2) is 6.29 Å². The van der Waals surface area contributed by atoms with Gasteiger partial charge in [0.2, 0.25) is 0 Å². The summed E-state index contributed by atoms with van der Waals surface area (Å²) in [5.74, 6) is 0. The van der Waals surface area contributed by atoms with Crippen molar-refractivity contribution in [3.8, 4) is 11.3 Å². The zero-order valence-corrected chi connectivity index (χ0v) is 10.3. The summed E-state index contributed by atoms with van der Waals surface area (Å²) in [4.78, 5) is 11.0. The van der Waals surface area contributed by atoms with Crippen molar-refractivity contribution in [1.29, 1.82) is 0 Å². The minimum Gasteiger partial charge on any atom is -0.298 e. The summed E-state index contributed by atoms with van der Waals surface area (Å²) in [7, 11) is 0. The maximum Gasteiger partial charge on any atom is 0.153 e. The Morgan fingerprint density at radius 2 is 2.06 bits per heavy atom. The fourth-order valence-electron chi connectivity index (χ4n) is 1.70. The number of halogens is 1. The van der Waals surface area contributed by atoms with E-state index in [0.29, 0.717) is 16.3 Å². The van der Waals surface area contributed by atoms with Gasteiger partial charge in [-0.2, -0.15) is 5.10 Å². The molecule has 0 amide bonds. The van der Waals surface area contributed by atoms with Crippen LogP contribution >= 0.6 is 11.6 Å². The number of aryl methyl sites for hydroxylation is 1. The molecular weight excluding hydrogens is 236 g/mol. The first-order chi connectivity index (χ1) is 8.24. The summed E-state index contributed by atoms with van der Waals surface area (Å²) in [6.45, 7) is 2.89. The molecule has 88 valence electrons. The molecule has 0 unspecified atom stereocenters. The van der Waals surface area contributed by atoms with E-state index in [1.54, 1.807) is 23.0 Å². The van der Waals surface area contributed by atoms with Crippen molar-refractivity contribution in [2.24, 2.45) is 0 Å². The molecule has 4 heteroatoms. The molecule has 0 saturated carbocycles. The highest BCUT2D eigenvalue weighted by atomic mass is 35.5. The first-order valence-corrected chi connectivity index (χ1v) is 5.91. The third-order valence-electron chi connectivity index (χ3n) is 2.49. The molecule has 0 radical (unpaired) electrons. The average molecular weight is 249 g/mol. The molecular formula is C13H13ClN2O. The molecule has 0 aliphatic heterocycles. The van der Waals surface area contributed by atoms with Crippen LogP contribution in [0, 0.1) is 0 Å². The molecule has 1 aromatic carbocycles. The maximum absolute atomic E-state index is 11.0. The number of hydrogen-bond acceptors (Lipinski definition) is 2. The molecule has 0 N–H and O–H groups in total. The van der Waals surface area contributed by atoms with Crippen molar-refractivity contribution in [2.45, 2.75) is 19.9 Å². The van der Waals surface area contributed by atoms with Gasteiger partial charge in [0, 0.05) is 23.3 Å². The third kappa shape index (κ3) is 2.56. The lowest BCUT2D eigenvalue weighted by molar-refractivity contribution is 0.112. The Bertz CT molecular complexity index is 517. The second kappa shape index (κ2) is 5.15. The Kier molecular flexibility index (Phi) is 3.59. The molecule has 0 atom stereocenters. The van der Waals surface area contributed by atoms with Crippen molar-refractivity contribution in [2.75, 3.05) is 0 Å². The fourth-order valence-corrected chi connectivity index (χ4v) is 1.82. The van der Waals surface area contributed by atoms with Crippen LogP contribution in [0.25, 0.3) is 11.3 Å². The van der Waals surface area contributed by atoms with Crippen molar-refractivity contribution in [1.82, 2.24) is 9.78 Å². The first-order valence-electron chi connectivity index (χ1n) is 5.53. The van der Waals surface area contributed by atoms with Gasteiger partial charge in [0.1, 0.15) is 5.69 Å². The van der Waals surface area contributed by atoms with Crippen LogP contribution in [0.3, 0.4) is 0 Å². The summed E-state index contributed by atoms with van der Waals surface area (Å²) in [6.07, 6.45) is 3.60. The summed E-state index contributed by atoms with van der Waals surface area (Å²) in [6, 6.07) is 7.33. The molecule has 0 aliphatic rings. The molecule has 0 saturated heterocycles. The van der Waals surface area contributed by atoms with Gasteiger partial charge < -0.3 is 0 Å². The standard InChI is InChI=1S/C13H13ClN2O/c1-2-7-16-8-11(9-17)13(15-16)10-3-5-12(14)6-4-10/h3-6,8-9H,2,7H2,1H3. The number of aldehydes is 1. The Hall–Kier alpha value is -1.61. The highest BCUT2D eigenvalue weighted by Crippen LogP contribution is 2.22. The summed E-state index contributed by atoms with van der Waals surface area (Å²) in [5, 5.41) is 5.09. The molecule has 0 aliphatic carbocycles. The van der Waals surface area contributed by atoms with Gasteiger partial charge in [0.05, 0.1) is 5.56 Å². The molecule has 0 bridgehead atoms. The van der Waals surface area contributed by atoms with E-state index in [1.807, 2.05) is 12.1 Å². The topological polar surface area (TPSA) is 34.9 Å². The van der Waals surface area contributed by atoms with Gasteiger partial charge in [-0.15, -0.1) is 0 Å². The highest BCUT2D eigenvalue weighted by Gasteiger charge is 2.10. The quantitative estimate of drug-likeness (QED) is 0.777. The van der Waals surface area contributed by atoms with Crippen LogP contribution in [0.15, 0.2) is 30.5 Å². The van der Waals surface area contributed by atoms with Gasteiger partial charge >= 0.3 is 0 Å². The molecule has 17 heavy (non-hydrogen) atoms. The van der Waals surface area contributed by atoms with Crippen molar-refractivity contribution in [3.63, 3.8) is 0 Å². The zero-order chi connectivity index (χ0) is 12.3. The number of carbonyl (C=O) groups is 1. The Morgan fingerprint density at radius 1 is 1.35 bits per heavy atom. The monoisotopic (exact) mass is 248 g/mol. The largest absolute Gasteiger partial charge is 0.298 e. The Morgan fingerprint density at radius 3 is 2.65 bits per heavy atom. The van der Waals surface area contributed by atoms with E-state index in [0.717, 1.165) is 24.8 Å². The van der Waals surface area contributed by atoms with E-state index < -0.39 is 0 Å². The molecule has 1 aromatic heterocycles. The van der Waals surface area contributed by atoms with Crippen LogP contribution in [0.5, 0.6) is 0 Å². The molecule has 3 nitrogen and oxygen atoms in total. The van der Waals surface area contributed by atoms with Crippen molar-refractivity contribution >= 4 is 17.9 Å². The average Bonchev–Trinajstić information content (AvgIpc) is 2.74. The maximum atomic E-state index is 11.0. The van der Waals surface area contributed by atoms with Gasteiger partial charge in [-0.25, -0.2) is 0 Å². The SMILES string of the molecule is CCCn1cc(C=O)c(-c2ccc(Cl)cc2)n1. The van der Waals surface area contributed by atoms with Gasteiger partial charge in [-0.1, -0.05) is 30.7 Å². The van der Waals surface area contributed by atoms with E-state index in [9.17, 15) is 4.79 Å². The zero-order valence-electron chi connectivity index (χ0n) is 9.56. The van der Waals surface area contributed by atoms with E-state index in [4.69, 9.17) is 11.6 Å². The summed E-state index contributed by atoms with van der Waals surface area (Å²) >= 11 is 5.83. The van der Waals surface area contributed by atoms with Crippen LogP contribution < -0.4 is 0 Å². The number of hydrogen-bond donors (Lipinski definition) is 0. The number of nitrogens with zero attached hydrogens (tertiary/aromatic N) is 2. The van der Waals surface area contributed by atoms with Crippen LogP contribution in [0.4, 0.5) is 0 Å². The van der Waals surface area contributed by atoms with Crippen LogP contribution in [0.2, 0.25) is 5.02 Å². The molecule has 1 heterocycles. The van der Waals surface area contributed by atoms with Crippen LogP contribution in [-0.2, 0) is 6.54 Å². The second-order valence-electron chi connectivity index (χ2n) is 3.82. The predicted molar refractivity (Wildman–Crippen MR) is 68.4 cm³/mol. The lowest BCUT2D eigenvalue weighted by Gasteiger charge is -1.98. The summed E-state index contributed by atoms with van der Waals surface area (Å²) in [5.41, 5.74) is 2.23. The third-order valence-corrected chi connectivity index (χ3v) is 2.74. The lowest BCUT2D eigenvalue weighted by Crippen LogP contribution is -1.96. The van der Waals surface area contributed by atoms with Crippen LogP contribution in [-0.4, -0.2) is 16.1 Å². The normalized spacial score (nSPS) is 10.5. The molecule has 0 fully saturated rings. The minimum atomic E-state index is 0.612. The number of benzene rings is 1. The predicted octanol–water partition coefficient (Wildman–Crippen LogP) is 3.43. The highest BCUT2D eigenvalue weighted by molar-refractivity contribution is 6.30. The first kappa shape index (κ1) is 11.9. The molecule has 2 rings (SSSR count). The Balaban J connectivity index is 2.42. The van der Waals surface area contributed by atoms with Gasteiger partial charge in [0.25, 0.3) is 0 Å². The molecule has 0 spiro atoms.